The van der Waals surface area contributed by atoms with E-state index in [1.54, 1.807) is 0 Å². The summed E-state index contributed by atoms with van der Waals surface area (Å²) in [5.41, 5.74) is 5.36. The fourth-order valence-corrected chi connectivity index (χ4v) is 1.72. The number of hydrogen-bond acceptors (Lipinski definition) is 5. The van der Waals surface area contributed by atoms with Gasteiger partial charge in [0.2, 0.25) is 0 Å². The van der Waals surface area contributed by atoms with Crippen LogP contribution in [-0.4, -0.2) is 22.8 Å². The van der Waals surface area contributed by atoms with Gasteiger partial charge in [-0.25, -0.2) is 0 Å². The van der Waals surface area contributed by atoms with Gasteiger partial charge in [0.25, 0.3) is 0 Å². The summed E-state index contributed by atoms with van der Waals surface area (Å²) in [4.78, 5) is 2.12. The van der Waals surface area contributed by atoms with Crippen LogP contribution < -0.4 is 10.6 Å². The molecule has 0 aliphatic carbocycles. The molecular formula is C8H14N4O. The van der Waals surface area contributed by atoms with Crippen molar-refractivity contribution in [3.63, 3.8) is 0 Å². The van der Waals surface area contributed by atoms with Crippen LogP contribution in [0.5, 0.6) is 0 Å². The standard InChI is InChI=1S/C8H14N4O/c1-6-4-2-3-5-12(6)8-11-10-7(9)13-8/h6H,2-5H2,1H3,(H2,9,10). The summed E-state index contributed by atoms with van der Waals surface area (Å²) >= 11 is 0. The van der Waals surface area contributed by atoms with Crippen molar-refractivity contribution in [1.82, 2.24) is 10.2 Å². The molecule has 2 N–H and O–H groups in total. The largest absolute Gasteiger partial charge is 0.390 e. The zero-order valence-corrected chi connectivity index (χ0v) is 7.73. The first-order valence-electron chi connectivity index (χ1n) is 4.63. The summed E-state index contributed by atoms with van der Waals surface area (Å²) in [6.45, 7) is 3.16. The average Bonchev–Trinajstić information content (AvgIpc) is 2.53. The first-order chi connectivity index (χ1) is 6.27. The Labute approximate surface area is 76.9 Å². The highest BCUT2D eigenvalue weighted by atomic mass is 16.4. The minimum atomic E-state index is 0.146. The normalized spacial score (nSPS) is 23.5. The number of aromatic nitrogens is 2. The third-order valence-electron chi connectivity index (χ3n) is 2.48. The van der Waals surface area contributed by atoms with Gasteiger partial charge in [0.1, 0.15) is 0 Å². The molecule has 5 heteroatoms. The third kappa shape index (κ3) is 1.59. The number of nitrogens with two attached hydrogens (primary N) is 1. The molecule has 0 radical (unpaired) electrons. The van der Waals surface area contributed by atoms with Crippen molar-refractivity contribution in [2.75, 3.05) is 17.2 Å². The number of hydrogen-bond donors (Lipinski definition) is 1. The Kier molecular flexibility index (Phi) is 2.08. The summed E-state index contributed by atoms with van der Waals surface area (Å²) in [6.07, 6.45) is 3.65. The van der Waals surface area contributed by atoms with E-state index < -0.39 is 0 Å². The number of nitrogens with zero attached hydrogens (tertiary/aromatic N) is 3. The third-order valence-corrected chi connectivity index (χ3v) is 2.48. The van der Waals surface area contributed by atoms with E-state index in [4.69, 9.17) is 10.2 Å². The maximum atomic E-state index is 5.36. The lowest BCUT2D eigenvalue weighted by Crippen LogP contribution is -2.37. The quantitative estimate of drug-likeness (QED) is 0.702. The molecule has 2 rings (SSSR count). The molecule has 1 saturated heterocycles. The molecule has 2 heterocycles. The topological polar surface area (TPSA) is 68.2 Å². The van der Waals surface area contributed by atoms with Crippen molar-refractivity contribution in [2.45, 2.75) is 32.2 Å². The van der Waals surface area contributed by atoms with Crippen molar-refractivity contribution < 1.29 is 4.42 Å². The van der Waals surface area contributed by atoms with Gasteiger partial charge in [-0.3, -0.25) is 0 Å². The van der Waals surface area contributed by atoms with Gasteiger partial charge in [0.15, 0.2) is 0 Å². The molecule has 1 unspecified atom stereocenters. The summed E-state index contributed by atoms with van der Waals surface area (Å²) in [7, 11) is 0. The predicted molar refractivity (Wildman–Crippen MR) is 49.4 cm³/mol. The molecule has 0 saturated carbocycles. The molecule has 0 aromatic carbocycles. The molecule has 1 aromatic rings. The van der Waals surface area contributed by atoms with E-state index in [1.165, 1.54) is 19.3 Å². The van der Waals surface area contributed by atoms with Crippen LogP contribution >= 0.6 is 0 Å². The summed E-state index contributed by atoms with van der Waals surface area (Å²) < 4.78 is 5.17. The van der Waals surface area contributed by atoms with Gasteiger partial charge in [-0.2, -0.15) is 0 Å². The Hall–Kier alpha value is -1.26. The first-order valence-corrected chi connectivity index (χ1v) is 4.63. The highest BCUT2D eigenvalue weighted by Gasteiger charge is 2.22. The molecule has 1 aliphatic rings. The second-order valence-corrected chi connectivity index (χ2v) is 3.46. The van der Waals surface area contributed by atoms with Gasteiger partial charge < -0.3 is 15.1 Å². The molecule has 1 aromatic heterocycles. The summed E-state index contributed by atoms with van der Waals surface area (Å²) in [5, 5.41) is 7.52. The molecule has 5 nitrogen and oxygen atoms in total. The molecule has 72 valence electrons. The van der Waals surface area contributed by atoms with E-state index in [2.05, 4.69) is 22.0 Å². The predicted octanol–water partition coefficient (Wildman–Crippen LogP) is 1.03. The Morgan fingerprint density at radius 1 is 1.46 bits per heavy atom. The molecule has 1 atom stereocenters. The summed E-state index contributed by atoms with van der Waals surface area (Å²) in [5.74, 6) is 0. The average molecular weight is 182 g/mol. The van der Waals surface area contributed by atoms with Crippen LogP contribution in [0.3, 0.4) is 0 Å². The van der Waals surface area contributed by atoms with E-state index in [0.29, 0.717) is 12.1 Å². The first kappa shape index (κ1) is 8.34. The fraction of sp³-hybridized carbons (Fsp3) is 0.750. The number of anilines is 2. The van der Waals surface area contributed by atoms with Crippen LogP contribution in [0.1, 0.15) is 26.2 Å². The van der Waals surface area contributed by atoms with E-state index >= 15 is 0 Å². The van der Waals surface area contributed by atoms with E-state index in [0.717, 1.165) is 6.54 Å². The molecule has 1 aliphatic heterocycles. The number of piperidine rings is 1. The molecule has 0 spiro atoms. The minimum absolute atomic E-state index is 0.146. The van der Waals surface area contributed by atoms with Gasteiger partial charge in [-0.05, 0) is 26.2 Å². The molecular weight excluding hydrogens is 168 g/mol. The van der Waals surface area contributed by atoms with Crippen LogP contribution in [0.25, 0.3) is 0 Å². The lowest BCUT2D eigenvalue weighted by atomic mass is 10.0. The van der Waals surface area contributed by atoms with Crippen LogP contribution in [0.2, 0.25) is 0 Å². The fourth-order valence-electron chi connectivity index (χ4n) is 1.72. The van der Waals surface area contributed by atoms with Gasteiger partial charge in [-0.1, -0.05) is 10.2 Å². The molecule has 13 heavy (non-hydrogen) atoms. The Bertz CT molecular complexity index is 285. The lowest BCUT2D eigenvalue weighted by molar-refractivity contribution is 0.439. The monoisotopic (exact) mass is 182 g/mol. The van der Waals surface area contributed by atoms with Crippen molar-refractivity contribution in [2.24, 2.45) is 0 Å². The number of nitrogen functional groups attached to an aromatic ring is 1. The van der Waals surface area contributed by atoms with Crippen molar-refractivity contribution in [1.29, 1.82) is 0 Å². The van der Waals surface area contributed by atoms with Crippen molar-refractivity contribution >= 4 is 12.0 Å². The van der Waals surface area contributed by atoms with Crippen LogP contribution in [0.4, 0.5) is 12.0 Å². The van der Waals surface area contributed by atoms with E-state index in [-0.39, 0.29) is 6.01 Å². The van der Waals surface area contributed by atoms with Crippen molar-refractivity contribution in [3.05, 3.63) is 0 Å². The second kappa shape index (κ2) is 3.24. The van der Waals surface area contributed by atoms with Gasteiger partial charge in [0, 0.05) is 12.6 Å². The highest BCUT2D eigenvalue weighted by Crippen LogP contribution is 2.23. The SMILES string of the molecule is CC1CCCCN1c1nnc(N)o1. The smallest absolute Gasteiger partial charge is 0.319 e. The van der Waals surface area contributed by atoms with Gasteiger partial charge >= 0.3 is 12.0 Å². The second-order valence-electron chi connectivity index (χ2n) is 3.46. The zero-order valence-electron chi connectivity index (χ0n) is 7.73. The van der Waals surface area contributed by atoms with Crippen molar-refractivity contribution in [3.8, 4) is 0 Å². The minimum Gasteiger partial charge on any atom is -0.390 e. The summed E-state index contributed by atoms with van der Waals surface area (Å²) in [6, 6.07) is 1.19. The van der Waals surface area contributed by atoms with Gasteiger partial charge in [0.05, 0.1) is 0 Å². The van der Waals surface area contributed by atoms with E-state index in [1.807, 2.05) is 0 Å². The maximum Gasteiger partial charge on any atom is 0.319 e. The number of rotatable bonds is 1. The zero-order chi connectivity index (χ0) is 9.26. The van der Waals surface area contributed by atoms with Crippen LogP contribution in [-0.2, 0) is 0 Å². The Morgan fingerprint density at radius 3 is 2.92 bits per heavy atom. The highest BCUT2D eigenvalue weighted by molar-refractivity contribution is 5.29. The molecule has 1 fully saturated rings. The van der Waals surface area contributed by atoms with E-state index in [9.17, 15) is 0 Å². The van der Waals surface area contributed by atoms with Gasteiger partial charge in [-0.15, -0.1) is 0 Å². The molecule has 0 bridgehead atoms. The lowest BCUT2D eigenvalue weighted by Gasteiger charge is -2.31. The Balaban J connectivity index is 2.14. The maximum absolute atomic E-state index is 5.36. The van der Waals surface area contributed by atoms with Crippen LogP contribution in [0.15, 0.2) is 4.42 Å². The molecule has 0 amide bonds. The Morgan fingerprint density at radius 2 is 2.31 bits per heavy atom. The van der Waals surface area contributed by atoms with Crippen LogP contribution in [0, 0.1) is 0 Å².